The van der Waals surface area contributed by atoms with Crippen molar-refractivity contribution in [3.05, 3.63) is 22.4 Å². The first-order valence-corrected chi connectivity index (χ1v) is 10.6. The van der Waals surface area contributed by atoms with Crippen LogP contribution in [0.3, 0.4) is 0 Å². The highest BCUT2D eigenvalue weighted by Gasteiger charge is 2.36. The Morgan fingerprint density at radius 1 is 1.17 bits per heavy atom. The van der Waals surface area contributed by atoms with E-state index in [0.29, 0.717) is 17.6 Å². The van der Waals surface area contributed by atoms with Crippen LogP contribution in [0.1, 0.15) is 23.1 Å². The van der Waals surface area contributed by atoms with Crippen molar-refractivity contribution in [2.45, 2.75) is 18.2 Å². The minimum Gasteiger partial charge on any atom is -0.340 e. The quantitative estimate of drug-likeness (QED) is 0.799. The van der Waals surface area contributed by atoms with E-state index < -0.39 is 0 Å². The molecule has 0 spiro atoms. The maximum absolute atomic E-state index is 12.2. The summed E-state index contributed by atoms with van der Waals surface area (Å²) in [4.78, 5) is 32.0. The van der Waals surface area contributed by atoms with Crippen LogP contribution in [0.25, 0.3) is 0 Å². The molecule has 2 aliphatic heterocycles. The van der Waals surface area contributed by atoms with Gasteiger partial charge in [-0.15, -0.1) is 23.1 Å². The van der Waals surface area contributed by atoms with Crippen molar-refractivity contribution in [1.29, 1.82) is 0 Å². The molecule has 24 heavy (non-hydrogen) atoms. The Balaban J connectivity index is 1.27. The van der Waals surface area contributed by atoms with Gasteiger partial charge in [0.05, 0.1) is 5.75 Å². The van der Waals surface area contributed by atoms with Crippen molar-refractivity contribution in [3.63, 3.8) is 0 Å². The zero-order valence-electron chi connectivity index (χ0n) is 13.7. The van der Waals surface area contributed by atoms with Crippen LogP contribution in [0.2, 0.25) is 0 Å². The molecule has 0 aromatic carbocycles. The van der Waals surface area contributed by atoms with Crippen molar-refractivity contribution < 1.29 is 9.59 Å². The van der Waals surface area contributed by atoms with Gasteiger partial charge in [-0.1, -0.05) is 6.07 Å². The molecule has 0 radical (unpaired) electrons. The molecule has 130 valence electrons. The molecule has 0 bridgehead atoms. The summed E-state index contributed by atoms with van der Waals surface area (Å²) in [5, 5.41) is 2.27. The van der Waals surface area contributed by atoms with E-state index in [4.69, 9.17) is 0 Å². The lowest BCUT2D eigenvalue weighted by Crippen LogP contribution is -2.50. The maximum Gasteiger partial charge on any atom is 0.233 e. The number of carbonyl (C=O) groups excluding carboxylic acids is 2. The molecule has 3 aliphatic rings. The molecule has 1 saturated carbocycles. The Bertz CT molecular complexity index is 595. The minimum atomic E-state index is 0.190. The Morgan fingerprint density at radius 2 is 1.96 bits per heavy atom. The third kappa shape index (κ3) is 3.48. The van der Waals surface area contributed by atoms with Crippen LogP contribution in [-0.2, 0) is 9.59 Å². The number of hydrogen-bond donors (Lipinski definition) is 0. The predicted octanol–water partition coefficient (Wildman–Crippen LogP) is 1.88. The maximum atomic E-state index is 12.2. The lowest BCUT2D eigenvalue weighted by Gasteiger charge is -2.36. The Kier molecular flexibility index (Phi) is 4.83. The van der Waals surface area contributed by atoms with Gasteiger partial charge in [0.1, 0.15) is 5.37 Å². The number of nitrogens with zero attached hydrogens (tertiary/aromatic N) is 3. The van der Waals surface area contributed by atoms with Crippen molar-refractivity contribution in [1.82, 2.24) is 14.7 Å². The molecular formula is C17H23N3O2S2. The highest BCUT2D eigenvalue weighted by atomic mass is 32.2. The zero-order chi connectivity index (χ0) is 16.5. The Morgan fingerprint density at radius 3 is 2.62 bits per heavy atom. The normalized spacial score (nSPS) is 25.5. The van der Waals surface area contributed by atoms with Crippen LogP contribution in [0, 0.1) is 5.92 Å². The first kappa shape index (κ1) is 16.4. The van der Waals surface area contributed by atoms with Crippen molar-refractivity contribution in [3.8, 4) is 0 Å². The van der Waals surface area contributed by atoms with Gasteiger partial charge in [-0.2, -0.15) is 0 Å². The third-order valence-corrected chi connectivity index (χ3v) is 7.33. The van der Waals surface area contributed by atoms with E-state index in [1.807, 2.05) is 9.80 Å². The topological polar surface area (TPSA) is 43.9 Å². The van der Waals surface area contributed by atoms with Crippen LogP contribution < -0.4 is 0 Å². The predicted molar refractivity (Wildman–Crippen MR) is 97.0 cm³/mol. The second kappa shape index (κ2) is 7.06. The van der Waals surface area contributed by atoms with Crippen molar-refractivity contribution in [2.24, 2.45) is 5.92 Å². The standard InChI is InChI=1S/C17H23N3O2S2/c21-15-12-24-17(14-2-1-11-23-14)20(15)10-7-18-5-8-19(9-6-18)16(22)13-3-4-13/h1-2,11,13,17H,3-10,12H2/t17-/m0/s1. The molecule has 1 aromatic rings. The summed E-state index contributed by atoms with van der Waals surface area (Å²) in [7, 11) is 0. The molecule has 3 fully saturated rings. The van der Waals surface area contributed by atoms with Crippen LogP contribution in [-0.4, -0.2) is 71.5 Å². The molecule has 0 N–H and O–H groups in total. The van der Waals surface area contributed by atoms with Gasteiger partial charge >= 0.3 is 0 Å². The molecule has 7 heteroatoms. The summed E-state index contributed by atoms with van der Waals surface area (Å²) in [6.45, 7) is 5.22. The van der Waals surface area contributed by atoms with E-state index in [0.717, 1.165) is 52.1 Å². The number of rotatable bonds is 5. The third-order valence-electron chi connectivity index (χ3n) is 5.02. The van der Waals surface area contributed by atoms with Crippen LogP contribution in [0.15, 0.2) is 17.5 Å². The second-order valence-electron chi connectivity index (χ2n) is 6.71. The molecule has 1 aromatic heterocycles. The minimum absolute atomic E-state index is 0.190. The fourth-order valence-corrected chi connectivity index (χ4v) is 5.59. The van der Waals surface area contributed by atoms with Crippen molar-refractivity contribution in [2.75, 3.05) is 45.0 Å². The van der Waals surface area contributed by atoms with Crippen LogP contribution in [0.5, 0.6) is 0 Å². The van der Waals surface area contributed by atoms with Crippen LogP contribution >= 0.6 is 23.1 Å². The second-order valence-corrected chi connectivity index (χ2v) is 8.75. The molecule has 0 unspecified atom stereocenters. The smallest absolute Gasteiger partial charge is 0.233 e. The number of piperazine rings is 1. The van der Waals surface area contributed by atoms with E-state index in [9.17, 15) is 9.59 Å². The summed E-state index contributed by atoms with van der Waals surface area (Å²) < 4.78 is 0. The monoisotopic (exact) mass is 365 g/mol. The van der Waals surface area contributed by atoms with Gasteiger partial charge in [-0.05, 0) is 24.3 Å². The summed E-state index contributed by atoms with van der Waals surface area (Å²) >= 11 is 3.46. The molecule has 1 atom stereocenters. The highest BCUT2D eigenvalue weighted by molar-refractivity contribution is 8.00. The number of hydrogen-bond acceptors (Lipinski definition) is 5. The van der Waals surface area contributed by atoms with E-state index >= 15 is 0 Å². The first-order chi connectivity index (χ1) is 11.7. The fraction of sp³-hybridized carbons (Fsp3) is 0.647. The van der Waals surface area contributed by atoms with E-state index in [2.05, 4.69) is 22.4 Å². The molecule has 5 nitrogen and oxygen atoms in total. The Hall–Kier alpha value is -1.05. The lowest BCUT2D eigenvalue weighted by molar-refractivity contribution is -0.134. The van der Waals surface area contributed by atoms with E-state index in [1.54, 1.807) is 23.1 Å². The van der Waals surface area contributed by atoms with Gasteiger partial charge in [-0.25, -0.2) is 0 Å². The summed E-state index contributed by atoms with van der Waals surface area (Å²) in [6.07, 6.45) is 2.16. The molecule has 1 aliphatic carbocycles. The molecule has 2 saturated heterocycles. The summed E-state index contributed by atoms with van der Waals surface area (Å²) in [5.74, 6) is 1.52. The van der Waals surface area contributed by atoms with Crippen LogP contribution in [0.4, 0.5) is 0 Å². The van der Waals surface area contributed by atoms with Gasteiger partial charge in [0.2, 0.25) is 11.8 Å². The number of thiophene rings is 1. The van der Waals surface area contributed by atoms with Gasteiger partial charge in [0.25, 0.3) is 0 Å². The largest absolute Gasteiger partial charge is 0.340 e. The SMILES string of the molecule is O=C(C1CC1)N1CCN(CCN2C(=O)CS[C@H]2c2cccs2)CC1. The van der Waals surface area contributed by atoms with E-state index in [1.165, 1.54) is 4.88 Å². The average Bonchev–Trinajstić information content (AvgIpc) is 3.19. The molecule has 4 rings (SSSR count). The van der Waals surface area contributed by atoms with Gasteiger partial charge in [0, 0.05) is 50.1 Å². The van der Waals surface area contributed by atoms with Gasteiger partial charge < -0.3 is 9.80 Å². The number of carbonyl (C=O) groups is 2. The highest BCUT2D eigenvalue weighted by Crippen LogP contribution is 2.40. The summed E-state index contributed by atoms with van der Waals surface area (Å²) in [6, 6.07) is 4.17. The Labute approximate surface area is 151 Å². The lowest BCUT2D eigenvalue weighted by atomic mass is 10.2. The fourth-order valence-electron chi connectivity index (χ4n) is 3.39. The van der Waals surface area contributed by atoms with Gasteiger partial charge in [-0.3, -0.25) is 14.5 Å². The number of thioether (sulfide) groups is 1. The average molecular weight is 366 g/mol. The van der Waals surface area contributed by atoms with Crippen molar-refractivity contribution >= 4 is 34.9 Å². The molecule has 2 amide bonds. The first-order valence-electron chi connectivity index (χ1n) is 8.68. The molecular weight excluding hydrogens is 342 g/mol. The number of amides is 2. The van der Waals surface area contributed by atoms with Gasteiger partial charge in [0.15, 0.2) is 0 Å². The summed E-state index contributed by atoms with van der Waals surface area (Å²) in [5.41, 5.74) is 0. The van der Waals surface area contributed by atoms with E-state index in [-0.39, 0.29) is 11.3 Å². The zero-order valence-corrected chi connectivity index (χ0v) is 15.4. The molecule has 3 heterocycles.